The molecule has 2 heterocycles. The molecule has 0 aliphatic heterocycles. The number of para-hydroxylation sites is 1. The predicted molar refractivity (Wildman–Crippen MR) is 64.8 cm³/mol. The lowest BCUT2D eigenvalue weighted by Crippen LogP contribution is -1.97. The van der Waals surface area contributed by atoms with Gasteiger partial charge in [0, 0.05) is 6.20 Å². The maximum absolute atomic E-state index is 13.5. The number of pyridine rings is 1. The van der Waals surface area contributed by atoms with Crippen molar-refractivity contribution >= 4 is 17.2 Å². The number of nitrogens with one attached hydrogen (secondary N) is 1. The van der Waals surface area contributed by atoms with Crippen LogP contribution in [0.15, 0.2) is 42.7 Å². The van der Waals surface area contributed by atoms with Crippen LogP contribution in [0.25, 0.3) is 5.65 Å². The first-order chi connectivity index (χ1) is 9.13. The van der Waals surface area contributed by atoms with Crippen LogP contribution in [0.3, 0.4) is 0 Å². The molecule has 96 valence electrons. The molecule has 2 aromatic heterocycles. The highest BCUT2D eigenvalue weighted by Crippen LogP contribution is 2.22. The number of hydrogen-bond donors (Lipinski definition) is 1. The molecular formula is C13H8F3N3. The summed E-state index contributed by atoms with van der Waals surface area (Å²) in [4.78, 5) is 4.08. The fourth-order valence-electron chi connectivity index (χ4n) is 1.77. The zero-order chi connectivity index (χ0) is 13.4. The van der Waals surface area contributed by atoms with Crippen LogP contribution in [0.1, 0.15) is 0 Å². The van der Waals surface area contributed by atoms with Crippen molar-refractivity contribution in [2.45, 2.75) is 0 Å². The Morgan fingerprint density at radius 3 is 2.42 bits per heavy atom. The fraction of sp³-hybridized carbons (Fsp3) is 0. The molecule has 0 saturated carbocycles. The number of fused-ring (bicyclic) bond motifs is 1. The average molecular weight is 263 g/mol. The van der Waals surface area contributed by atoms with Crippen LogP contribution in [-0.2, 0) is 0 Å². The van der Waals surface area contributed by atoms with E-state index in [0.717, 1.165) is 12.1 Å². The van der Waals surface area contributed by atoms with E-state index in [4.69, 9.17) is 0 Å². The zero-order valence-corrected chi connectivity index (χ0v) is 9.57. The molecule has 6 heteroatoms. The number of halogens is 3. The Morgan fingerprint density at radius 2 is 1.68 bits per heavy atom. The third kappa shape index (κ3) is 2.12. The highest BCUT2D eigenvalue weighted by Gasteiger charge is 2.10. The number of hydrogen-bond acceptors (Lipinski definition) is 2. The van der Waals surface area contributed by atoms with Crippen molar-refractivity contribution in [3.05, 3.63) is 60.2 Å². The van der Waals surface area contributed by atoms with E-state index in [1.54, 1.807) is 0 Å². The van der Waals surface area contributed by atoms with Gasteiger partial charge < -0.3 is 9.72 Å². The largest absolute Gasteiger partial charge is 0.334 e. The summed E-state index contributed by atoms with van der Waals surface area (Å²) in [6.45, 7) is 0. The molecule has 19 heavy (non-hydrogen) atoms. The molecule has 3 rings (SSSR count). The maximum atomic E-state index is 13.5. The Kier molecular flexibility index (Phi) is 2.63. The SMILES string of the molecule is Fc1ccc2nc(Nc3c(F)cccc3F)cn2c1. The molecule has 0 unspecified atom stereocenters. The minimum Gasteiger partial charge on any atom is -0.334 e. The molecule has 0 spiro atoms. The summed E-state index contributed by atoms with van der Waals surface area (Å²) in [6, 6.07) is 6.28. The highest BCUT2D eigenvalue weighted by atomic mass is 19.1. The van der Waals surface area contributed by atoms with Crippen LogP contribution in [0.5, 0.6) is 0 Å². The molecule has 0 saturated heterocycles. The van der Waals surface area contributed by atoms with Crippen molar-refractivity contribution in [2.24, 2.45) is 0 Å². The van der Waals surface area contributed by atoms with Gasteiger partial charge in [0.1, 0.15) is 34.6 Å². The molecule has 0 aliphatic rings. The Bertz CT molecular complexity index is 732. The Morgan fingerprint density at radius 1 is 0.947 bits per heavy atom. The molecule has 0 fully saturated rings. The van der Waals surface area contributed by atoms with E-state index in [9.17, 15) is 13.2 Å². The summed E-state index contributed by atoms with van der Waals surface area (Å²) in [7, 11) is 0. The van der Waals surface area contributed by atoms with Gasteiger partial charge in [-0.25, -0.2) is 18.2 Å². The smallest absolute Gasteiger partial charge is 0.149 e. The van der Waals surface area contributed by atoms with E-state index in [1.807, 2.05) is 0 Å². The number of imidazole rings is 1. The second kappa shape index (κ2) is 4.31. The molecule has 1 N–H and O–H groups in total. The van der Waals surface area contributed by atoms with Crippen molar-refractivity contribution in [1.29, 1.82) is 0 Å². The average Bonchev–Trinajstić information content (AvgIpc) is 2.75. The molecule has 1 aromatic carbocycles. The van der Waals surface area contributed by atoms with E-state index < -0.39 is 17.5 Å². The highest BCUT2D eigenvalue weighted by molar-refractivity contribution is 5.60. The molecule has 0 radical (unpaired) electrons. The first-order valence-electron chi connectivity index (χ1n) is 5.49. The van der Waals surface area contributed by atoms with E-state index >= 15 is 0 Å². The topological polar surface area (TPSA) is 29.3 Å². The molecular weight excluding hydrogens is 255 g/mol. The summed E-state index contributed by atoms with van der Waals surface area (Å²) in [5, 5.41) is 2.54. The number of rotatable bonds is 2. The molecule has 3 aromatic rings. The van der Waals surface area contributed by atoms with E-state index in [0.29, 0.717) is 5.65 Å². The molecule has 0 bridgehead atoms. The van der Waals surface area contributed by atoms with Crippen molar-refractivity contribution < 1.29 is 13.2 Å². The van der Waals surface area contributed by atoms with E-state index in [1.165, 1.54) is 35.0 Å². The van der Waals surface area contributed by atoms with Crippen molar-refractivity contribution in [3.63, 3.8) is 0 Å². The van der Waals surface area contributed by atoms with E-state index in [2.05, 4.69) is 10.3 Å². The lowest BCUT2D eigenvalue weighted by molar-refractivity contribution is 0.590. The van der Waals surface area contributed by atoms with Crippen LogP contribution in [-0.4, -0.2) is 9.38 Å². The standard InChI is InChI=1S/C13H8F3N3/c14-8-4-5-12-17-11(7-19(12)6-8)18-13-9(15)2-1-3-10(13)16/h1-7,18H. The molecule has 0 atom stereocenters. The first-order valence-corrected chi connectivity index (χ1v) is 5.49. The minimum atomic E-state index is -0.719. The van der Waals surface area contributed by atoms with Gasteiger partial charge in [-0.1, -0.05) is 6.07 Å². The third-order valence-corrected chi connectivity index (χ3v) is 2.63. The van der Waals surface area contributed by atoms with Gasteiger partial charge in [0.15, 0.2) is 0 Å². The van der Waals surface area contributed by atoms with Crippen LogP contribution in [0.4, 0.5) is 24.7 Å². The van der Waals surface area contributed by atoms with Gasteiger partial charge >= 0.3 is 0 Å². The quantitative estimate of drug-likeness (QED) is 0.766. The van der Waals surface area contributed by atoms with Gasteiger partial charge in [-0.05, 0) is 24.3 Å². The van der Waals surface area contributed by atoms with Crippen molar-refractivity contribution in [1.82, 2.24) is 9.38 Å². The van der Waals surface area contributed by atoms with Crippen LogP contribution in [0.2, 0.25) is 0 Å². The van der Waals surface area contributed by atoms with Gasteiger partial charge in [0.05, 0.1) is 6.20 Å². The Labute approximate surface area is 106 Å². The summed E-state index contributed by atoms with van der Waals surface area (Å²) in [6.07, 6.45) is 2.68. The van der Waals surface area contributed by atoms with Crippen LogP contribution >= 0.6 is 0 Å². The lowest BCUT2D eigenvalue weighted by Gasteiger charge is -2.04. The second-order valence-corrected chi connectivity index (χ2v) is 3.96. The zero-order valence-electron chi connectivity index (χ0n) is 9.57. The number of aromatic nitrogens is 2. The predicted octanol–water partition coefficient (Wildman–Crippen LogP) is 3.50. The number of nitrogens with zero attached hydrogens (tertiary/aromatic N) is 2. The first kappa shape index (κ1) is 11.6. The van der Waals surface area contributed by atoms with E-state index in [-0.39, 0.29) is 11.5 Å². The van der Waals surface area contributed by atoms with Crippen LogP contribution < -0.4 is 5.32 Å². The Balaban J connectivity index is 2.01. The van der Waals surface area contributed by atoms with Gasteiger partial charge in [0.2, 0.25) is 0 Å². The minimum absolute atomic E-state index is 0.231. The molecule has 0 amide bonds. The van der Waals surface area contributed by atoms with Crippen molar-refractivity contribution in [3.8, 4) is 0 Å². The lowest BCUT2D eigenvalue weighted by atomic mass is 10.3. The molecule has 3 nitrogen and oxygen atoms in total. The summed E-state index contributed by atoms with van der Waals surface area (Å²) >= 11 is 0. The normalized spacial score (nSPS) is 10.9. The summed E-state index contributed by atoms with van der Waals surface area (Å²) in [5.74, 6) is -1.63. The maximum Gasteiger partial charge on any atom is 0.149 e. The number of anilines is 2. The van der Waals surface area contributed by atoms with Gasteiger partial charge in [0.25, 0.3) is 0 Å². The Hall–Kier alpha value is -2.50. The van der Waals surface area contributed by atoms with Crippen LogP contribution in [0, 0.1) is 17.5 Å². The summed E-state index contributed by atoms with van der Waals surface area (Å²) in [5.41, 5.74) is 0.187. The van der Waals surface area contributed by atoms with Gasteiger partial charge in [-0.2, -0.15) is 0 Å². The van der Waals surface area contributed by atoms with Crippen molar-refractivity contribution in [2.75, 3.05) is 5.32 Å². The monoisotopic (exact) mass is 263 g/mol. The van der Waals surface area contributed by atoms with Gasteiger partial charge in [-0.15, -0.1) is 0 Å². The third-order valence-electron chi connectivity index (χ3n) is 2.63. The molecule has 0 aliphatic carbocycles. The van der Waals surface area contributed by atoms with Gasteiger partial charge in [-0.3, -0.25) is 0 Å². The number of benzene rings is 1. The fourth-order valence-corrected chi connectivity index (χ4v) is 1.77. The summed E-state index contributed by atoms with van der Waals surface area (Å²) < 4.78 is 41.4. The second-order valence-electron chi connectivity index (χ2n) is 3.96.